The smallest absolute Gasteiger partial charge is 0.267 e. The third-order valence-corrected chi connectivity index (χ3v) is 2.26. The molecule has 0 saturated carbocycles. The second-order valence-corrected chi connectivity index (χ2v) is 4.41. The van der Waals surface area contributed by atoms with Crippen LogP contribution in [0.5, 0.6) is 0 Å². The van der Waals surface area contributed by atoms with E-state index in [-0.39, 0.29) is 7.33 Å². The molecule has 3 heteroatoms. The molecule has 0 aromatic rings. The van der Waals surface area contributed by atoms with Crippen LogP contribution in [0, 0.1) is 18.3 Å². The van der Waals surface area contributed by atoms with Gasteiger partial charge in [-0.15, -0.1) is 0 Å². The Balaban J connectivity index is 0.00000256. The summed E-state index contributed by atoms with van der Waals surface area (Å²) in [6.07, 6.45) is 10.3. The zero-order valence-electron chi connectivity index (χ0n) is 10.1. The van der Waals surface area contributed by atoms with E-state index in [4.69, 9.17) is 0 Å². The van der Waals surface area contributed by atoms with Crippen LogP contribution in [0.15, 0.2) is 28.9 Å². The van der Waals surface area contributed by atoms with E-state index in [1.807, 2.05) is 24.6 Å². The highest BCUT2D eigenvalue weighted by atomic mass is 16.2. The largest absolute Gasteiger partial charge is 0.271 e. The van der Waals surface area contributed by atoms with Gasteiger partial charge in [-0.2, -0.15) is 5.10 Å². The highest BCUT2D eigenvalue weighted by Gasteiger charge is 2.09. The molecule has 0 aliphatic heterocycles. The Labute approximate surface area is 98.8 Å². The van der Waals surface area contributed by atoms with Crippen molar-refractivity contribution < 1.29 is 6.22 Å². The van der Waals surface area contributed by atoms with E-state index in [9.17, 15) is 4.79 Å². The van der Waals surface area contributed by atoms with E-state index in [0.717, 1.165) is 6.42 Å². The zero-order chi connectivity index (χ0) is 12.0. The number of carbonyl (C=O) groups is 1. The highest BCUT2D eigenvalue weighted by molar-refractivity contribution is 5.96. The molecule has 0 heterocycles. The number of carbonyl (C=O) groups excluding carboxylic acids is 1. The lowest BCUT2D eigenvalue weighted by Gasteiger charge is -2.09. The first-order valence-corrected chi connectivity index (χ1v) is 5.65. The van der Waals surface area contributed by atoms with Crippen molar-refractivity contribution in [3.63, 3.8) is 0 Å². The molecule has 0 aromatic heterocycles. The first-order valence-electron chi connectivity index (χ1n) is 5.65. The van der Waals surface area contributed by atoms with E-state index >= 15 is 0 Å². The summed E-state index contributed by atoms with van der Waals surface area (Å²) in [6.45, 7) is 6.29. The molecule has 1 atom stereocenters. The Morgan fingerprint density at radius 3 is 3.00 bits per heavy atom. The molecule has 1 unspecified atom stereocenters. The van der Waals surface area contributed by atoms with Gasteiger partial charge in [-0.05, 0) is 24.7 Å². The second-order valence-electron chi connectivity index (χ2n) is 4.41. The van der Waals surface area contributed by atoms with Crippen molar-refractivity contribution in [2.24, 2.45) is 16.9 Å². The van der Waals surface area contributed by atoms with E-state index in [1.54, 1.807) is 6.21 Å². The van der Waals surface area contributed by atoms with Crippen molar-refractivity contribution in [1.82, 2.24) is 5.43 Å². The van der Waals surface area contributed by atoms with Crippen LogP contribution < -0.4 is 5.43 Å². The molecule has 1 N–H and O–H groups in total. The van der Waals surface area contributed by atoms with Crippen LogP contribution in [-0.4, -0.2) is 12.1 Å². The third kappa shape index (κ3) is 4.43. The fourth-order valence-corrected chi connectivity index (χ4v) is 1.21. The van der Waals surface area contributed by atoms with Crippen LogP contribution in [0.25, 0.3) is 0 Å². The number of nitrogens with zero attached hydrogens (tertiary/aromatic N) is 1. The average molecular weight is 221 g/mol. The highest BCUT2D eigenvalue weighted by Crippen LogP contribution is 2.14. The quantitative estimate of drug-likeness (QED) is 0.575. The van der Waals surface area contributed by atoms with Gasteiger partial charge >= 0.3 is 0 Å². The minimum Gasteiger partial charge on any atom is -0.267 e. The molecule has 0 bridgehead atoms. The first kappa shape index (κ1) is 12.7. The molecule has 89 valence electrons. The number of hydrogen-bond acceptors (Lipinski definition) is 2. The number of rotatable bonds is 4. The number of nitrogens with one attached hydrogen (secondary N) is 1. The Kier molecular flexibility index (Phi) is 4.96. The van der Waals surface area contributed by atoms with Crippen LogP contribution in [0.4, 0.5) is 0 Å². The van der Waals surface area contributed by atoms with Gasteiger partial charge in [0, 0.05) is 13.2 Å². The summed E-state index contributed by atoms with van der Waals surface area (Å²) >= 11 is 0. The van der Waals surface area contributed by atoms with Gasteiger partial charge in [0.15, 0.2) is 0 Å². The number of allylic oxidation sites excluding steroid dienone is 2. The van der Waals surface area contributed by atoms with E-state index < -0.39 is 0 Å². The summed E-state index contributed by atoms with van der Waals surface area (Å²) in [5.41, 5.74) is 3.17. The van der Waals surface area contributed by atoms with Crippen LogP contribution in [0.1, 0.15) is 28.6 Å². The molecule has 0 saturated heterocycles. The predicted molar refractivity (Wildman–Crippen MR) is 68.9 cm³/mol. The van der Waals surface area contributed by atoms with Gasteiger partial charge in [-0.25, -0.2) is 5.43 Å². The molecule has 1 aliphatic carbocycles. The fraction of sp³-hybridized carbons (Fsp3) is 0.462. The maximum Gasteiger partial charge on any atom is 0.271 e. The summed E-state index contributed by atoms with van der Waals surface area (Å²) in [5, 5.41) is 3.89. The van der Waals surface area contributed by atoms with Crippen LogP contribution in [-0.2, 0) is 4.79 Å². The van der Waals surface area contributed by atoms with Crippen molar-refractivity contribution in [1.29, 1.82) is 0 Å². The number of hydrazone groups is 1. The number of amides is 1. The molecule has 0 aromatic carbocycles. The van der Waals surface area contributed by atoms with Gasteiger partial charge in [0.05, 0.1) is 0 Å². The second kappa shape index (κ2) is 6.26. The summed E-state index contributed by atoms with van der Waals surface area (Å²) in [4.78, 5) is 11.6. The Bertz CT molecular complexity index is 332. The average Bonchev–Trinajstić information content (AvgIpc) is 2.25. The summed E-state index contributed by atoms with van der Waals surface area (Å²) < 4.78 is 0. The van der Waals surface area contributed by atoms with Crippen LogP contribution in [0.3, 0.4) is 0 Å². The van der Waals surface area contributed by atoms with E-state index in [0.29, 0.717) is 17.4 Å². The lowest BCUT2D eigenvalue weighted by molar-refractivity contribution is -0.117. The van der Waals surface area contributed by atoms with Crippen LogP contribution in [0.2, 0.25) is 0 Å². The van der Waals surface area contributed by atoms with Gasteiger partial charge in [-0.1, -0.05) is 39.0 Å². The molecule has 1 rings (SSSR count). The fourth-order valence-electron chi connectivity index (χ4n) is 1.21. The van der Waals surface area contributed by atoms with Crippen LogP contribution >= 0.6 is 0 Å². The summed E-state index contributed by atoms with van der Waals surface area (Å²) in [5.74, 6) is 0.809. The Hall–Kier alpha value is -1.38. The van der Waals surface area contributed by atoms with Crippen molar-refractivity contribution >= 4 is 12.1 Å². The molecule has 1 aliphatic rings. The third-order valence-electron chi connectivity index (χ3n) is 2.26. The Morgan fingerprint density at radius 2 is 2.44 bits per heavy atom. The van der Waals surface area contributed by atoms with Gasteiger partial charge < -0.3 is 0 Å². The molecular formula is C13H21N2O. The van der Waals surface area contributed by atoms with Crippen molar-refractivity contribution in [3.05, 3.63) is 30.2 Å². The number of hydrogen-bond donors (Lipinski definition) is 1. The van der Waals surface area contributed by atoms with E-state index in [1.165, 1.54) is 0 Å². The first-order chi connectivity index (χ1) is 7.59. The van der Waals surface area contributed by atoms with Crippen molar-refractivity contribution in [2.75, 3.05) is 0 Å². The molecule has 3 nitrogen and oxygen atoms in total. The van der Waals surface area contributed by atoms with Gasteiger partial charge in [0.1, 0.15) is 0 Å². The molecule has 1 radical (unpaired) electrons. The zero-order valence-corrected chi connectivity index (χ0v) is 10.1. The van der Waals surface area contributed by atoms with Gasteiger partial charge in [-0.3, -0.25) is 4.79 Å². The minimum atomic E-state index is -0.153. The monoisotopic (exact) mass is 221 g/mol. The lowest BCUT2D eigenvalue weighted by atomic mass is 9.98. The van der Waals surface area contributed by atoms with Gasteiger partial charge in [0.25, 0.3) is 5.91 Å². The molecule has 16 heavy (non-hydrogen) atoms. The standard InChI is InChI=1S/C13H19N2O.H2/c1-10(2)8-9-14-15-13(16)12-6-4-11(3)5-7-12;/h4-7,9-11H,8H2,1-3H3,(H,15,16);1H/b14-9+;. The topological polar surface area (TPSA) is 41.5 Å². The lowest BCUT2D eigenvalue weighted by Crippen LogP contribution is -2.20. The normalized spacial score (nSPS) is 20.2. The molecule has 1 amide bonds. The maximum absolute atomic E-state index is 11.6. The minimum absolute atomic E-state index is 0. The summed E-state index contributed by atoms with van der Waals surface area (Å²) in [7, 11) is 0. The summed E-state index contributed by atoms with van der Waals surface area (Å²) in [6, 6.07) is 0. The molecule has 0 fully saturated rings. The van der Waals surface area contributed by atoms with Crippen molar-refractivity contribution in [3.8, 4) is 0 Å². The molecule has 0 spiro atoms. The van der Waals surface area contributed by atoms with Crippen molar-refractivity contribution in [2.45, 2.75) is 27.2 Å². The molecular weight excluding hydrogens is 200 g/mol. The SMILES string of the molecule is CC1[CH]C=C(C(=O)N/N=C/CC(C)C)C=C1.[HH]. The van der Waals surface area contributed by atoms with E-state index in [2.05, 4.69) is 31.3 Å². The predicted octanol–water partition coefficient (Wildman–Crippen LogP) is 2.72. The van der Waals surface area contributed by atoms with Gasteiger partial charge in [0.2, 0.25) is 0 Å². The Morgan fingerprint density at radius 1 is 1.69 bits per heavy atom. The maximum atomic E-state index is 11.6.